The Hall–Kier alpha value is -2.43. The molecule has 0 unspecified atom stereocenters. The zero-order valence-electron chi connectivity index (χ0n) is 14.4. The summed E-state index contributed by atoms with van der Waals surface area (Å²) >= 11 is 0. The summed E-state index contributed by atoms with van der Waals surface area (Å²) in [4.78, 5) is 13.7. The van der Waals surface area contributed by atoms with Crippen LogP contribution in [0.5, 0.6) is 0 Å². The van der Waals surface area contributed by atoms with Crippen LogP contribution >= 0.6 is 0 Å². The number of benzene rings is 2. The number of hydrogen-bond donors (Lipinski definition) is 0. The zero-order chi connectivity index (χ0) is 17.5. The van der Waals surface area contributed by atoms with Crippen LogP contribution < -0.4 is 0 Å². The summed E-state index contributed by atoms with van der Waals surface area (Å²) in [5.74, 6) is -0.0205. The third kappa shape index (κ3) is 4.78. The Bertz CT molecular complexity index is 700. The molecule has 25 heavy (non-hydrogen) atoms. The summed E-state index contributed by atoms with van der Waals surface area (Å²) in [6.07, 6.45) is 3.23. The Balaban J connectivity index is 1.59. The molecule has 2 aromatic rings. The molecule has 4 heteroatoms. The van der Waals surface area contributed by atoms with E-state index in [1.165, 1.54) is 0 Å². The van der Waals surface area contributed by atoms with Gasteiger partial charge in [0.25, 0.3) is 0 Å². The highest BCUT2D eigenvalue weighted by Crippen LogP contribution is 2.17. The van der Waals surface area contributed by atoms with Crippen molar-refractivity contribution >= 4 is 5.91 Å². The van der Waals surface area contributed by atoms with Crippen molar-refractivity contribution in [1.82, 2.24) is 4.90 Å². The van der Waals surface area contributed by atoms with Crippen molar-refractivity contribution in [2.75, 3.05) is 13.7 Å². The predicted molar refractivity (Wildman–Crippen MR) is 96.8 cm³/mol. The molecular weight excluding hydrogens is 314 g/mol. The predicted octanol–water partition coefficient (Wildman–Crippen LogP) is 3.19. The van der Waals surface area contributed by atoms with Crippen molar-refractivity contribution in [3.8, 4) is 0 Å². The smallest absolute Gasteiger partial charge is 0.246 e. The second-order valence-electron chi connectivity index (χ2n) is 6.14. The molecule has 1 amide bonds. The molecule has 0 aromatic heterocycles. The molecule has 0 saturated heterocycles. The lowest BCUT2D eigenvalue weighted by Crippen LogP contribution is -2.50. The average Bonchev–Trinajstić information content (AvgIpc) is 2.66. The van der Waals surface area contributed by atoms with Gasteiger partial charge in [-0.05, 0) is 17.2 Å². The Morgan fingerprint density at radius 3 is 2.16 bits per heavy atom. The van der Waals surface area contributed by atoms with Crippen molar-refractivity contribution in [2.45, 2.75) is 25.4 Å². The quantitative estimate of drug-likeness (QED) is 0.779. The molecule has 0 bridgehead atoms. The lowest BCUT2D eigenvalue weighted by molar-refractivity contribution is -0.133. The van der Waals surface area contributed by atoms with Crippen LogP contribution in [-0.2, 0) is 27.5 Å². The highest BCUT2D eigenvalue weighted by atomic mass is 16.5. The zero-order valence-corrected chi connectivity index (χ0v) is 14.4. The minimum absolute atomic E-state index is 0.0205. The molecular formula is C21H23NO3. The van der Waals surface area contributed by atoms with Gasteiger partial charge >= 0.3 is 0 Å². The van der Waals surface area contributed by atoms with E-state index in [4.69, 9.17) is 9.47 Å². The lowest BCUT2D eigenvalue weighted by atomic mass is 10.1. The van der Waals surface area contributed by atoms with Crippen molar-refractivity contribution in [3.05, 3.63) is 83.9 Å². The monoisotopic (exact) mass is 337 g/mol. The van der Waals surface area contributed by atoms with E-state index in [0.717, 1.165) is 11.1 Å². The fourth-order valence-corrected chi connectivity index (χ4v) is 2.82. The maximum absolute atomic E-state index is 12.0. The molecule has 4 nitrogen and oxygen atoms in total. The Morgan fingerprint density at radius 2 is 1.52 bits per heavy atom. The van der Waals surface area contributed by atoms with E-state index >= 15 is 0 Å². The maximum Gasteiger partial charge on any atom is 0.246 e. The summed E-state index contributed by atoms with van der Waals surface area (Å²) in [6, 6.07) is 19.9. The van der Waals surface area contributed by atoms with Crippen LogP contribution in [0.4, 0.5) is 0 Å². The second-order valence-corrected chi connectivity index (χ2v) is 6.14. The van der Waals surface area contributed by atoms with Crippen LogP contribution in [0.3, 0.4) is 0 Å². The third-order valence-corrected chi connectivity index (χ3v) is 4.34. The number of amides is 1. The SMILES string of the molecule is CN1C(=O)C=C[C@H](OCc2ccccc2)[C@H]1COCc1ccccc1. The van der Waals surface area contributed by atoms with E-state index in [1.54, 1.807) is 18.0 Å². The summed E-state index contributed by atoms with van der Waals surface area (Å²) in [5.41, 5.74) is 2.23. The molecule has 130 valence electrons. The fraction of sp³-hybridized carbons (Fsp3) is 0.286. The number of hydrogen-bond acceptors (Lipinski definition) is 3. The number of likely N-dealkylation sites (N-methyl/N-ethyl adjacent to an activating group) is 1. The molecule has 0 saturated carbocycles. The molecule has 1 aliphatic rings. The fourth-order valence-electron chi connectivity index (χ4n) is 2.82. The summed E-state index contributed by atoms with van der Waals surface area (Å²) in [5, 5.41) is 0. The minimum Gasteiger partial charge on any atom is -0.375 e. The van der Waals surface area contributed by atoms with Crippen LogP contribution in [0.25, 0.3) is 0 Å². The molecule has 2 aromatic carbocycles. The van der Waals surface area contributed by atoms with Gasteiger partial charge in [0, 0.05) is 13.1 Å². The molecule has 0 fully saturated rings. The van der Waals surface area contributed by atoms with Crippen LogP contribution in [0.1, 0.15) is 11.1 Å². The molecule has 0 aliphatic carbocycles. The van der Waals surface area contributed by atoms with Gasteiger partial charge in [0.1, 0.15) is 0 Å². The van der Waals surface area contributed by atoms with E-state index in [1.807, 2.05) is 66.7 Å². The maximum atomic E-state index is 12.0. The first-order valence-corrected chi connectivity index (χ1v) is 8.46. The highest BCUT2D eigenvalue weighted by Gasteiger charge is 2.30. The summed E-state index contributed by atoms with van der Waals surface area (Å²) in [6.45, 7) is 1.46. The first-order valence-electron chi connectivity index (χ1n) is 8.46. The van der Waals surface area contributed by atoms with Gasteiger partial charge in [0.05, 0.1) is 32.0 Å². The van der Waals surface area contributed by atoms with Crippen LogP contribution in [0.2, 0.25) is 0 Å². The van der Waals surface area contributed by atoms with E-state index in [9.17, 15) is 4.79 Å². The minimum atomic E-state index is -0.182. The number of nitrogens with zero attached hydrogens (tertiary/aromatic N) is 1. The molecule has 1 heterocycles. The Labute approximate surface area is 148 Å². The van der Waals surface area contributed by atoms with E-state index in [0.29, 0.717) is 19.8 Å². The largest absolute Gasteiger partial charge is 0.375 e. The van der Waals surface area contributed by atoms with Crippen molar-refractivity contribution < 1.29 is 14.3 Å². The van der Waals surface area contributed by atoms with Crippen LogP contribution in [0, 0.1) is 0 Å². The van der Waals surface area contributed by atoms with Gasteiger partial charge < -0.3 is 14.4 Å². The molecule has 0 spiro atoms. The Kier molecular flexibility index (Phi) is 5.99. The second kappa shape index (κ2) is 8.60. The average molecular weight is 337 g/mol. The van der Waals surface area contributed by atoms with E-state index in [-0.39, 0.29) is 18.1 Å². The Morgan fingerprint density at radius 1 is 0.920 bits per heavy atom. The number of carbonyl (C=O) groups is 1. The molecule has 0 N–H and O–H groups in total. The van der Waals surface area contributed by atoms with Crippen LogP contribution in [0.15, 0.2) is 72.8 Å². The summed E-state index contributed by atoms with van der Waals surface area (Å²) < 4.78 is 11.9. The van der Waals surface area contributed by atoms with E-state index < -0.39 is 0 Å². The highest BCUT2D eigenvalue weighted by molar-refractivity contribution is 5.88. The topological polar surface area (TPSA) is 38.8 Å². The van der Waals surface area contributed by atoms with Crippen LogP contribution in [-0.4, -0.2) is 36.6 Å². The molecule has 3 rings (SSSR count). The summed E-state index contributed by atoms with van der Waals surface area (Å²) in [7, 11) is 1.79. The number of carbonyl (C=O) groups excluding carboxylic acids is 1. The first kappa shape index (κ1) is 17.4. The van der Waals surface area contributed by atoms with Gasteiger partial charge in [-0.3, -0.25) is 4.79 Å². The third-order valence-electron chi connectivity index (χ3n) is 4.34. The van der Waals surface area contributed by atoms with Crippen molar-refractivity contribution in [2.24, 2.45) is 0 Å². The molecule has 2 atom stereocenters. The van der Waals surface area contributed by atoms with Gasteiger partial charge in [-0.15, -0.1) is 0 Å². The number of rotatable bonds is 7. The molecule has 1 aliphatic heterocycles. The van der Waals surface area contributed by atoms with Gasteiger partial charge in [-0.2, -0.15) is 0 Å². The van der Waals surface area contributed by atoms with Crippen molar-refractivity contribution in [1.29, 1.82) is 0 Å². The van der Waals surface area contributed by atoms with Gasteiger partial charge in [-0.1, -0.05) is 60.7 Å². The first-order chi connectivity index (χ1) is 12.2. The normalized spacial score (nSPS) is 20.0. The molecule has 0 radical (unpaired) electrons. The van der Waals surface area contributed by atoms with E-state index in [2.05, 4.69) is 0 Å². The van der Waals surface area contributed by atoms with Gasteiger partial charge in [0.15, 0.2) is 0 Å². The van der Waals surface area contributed by atoms with Gasteiger partial charge in [-0.25, -0.2) is 0 Å². The standard InChI is InChI=1S/C21H23NO3/c1-22-19(16-24-14-17-8-4-2-5-9-17)20(12-13-21(22)23)25-15-18-10-6-3-7-11-18/h2-13,19-20H,14-16H2,1H3/t19-,20+/m1/s1. The lowest BCUT2D eigenvalue weighted by Gasteiger charge is -2.35. The van der Waals surface area contributed by atoms with Gasteiger partial charge in [0.2, 0.25) is 5.91 Å². The van der Waals surface area contributed by atoms with Crippen molar-refractivity contribution in [3.63, 3.8) is 0 Å². The number of ether oxygens (including phenoxy) is 2.